The van der Waals surface area contributed by atoms with Crippen LogP contribution in [-0.4, -0.2) is 23.9 Å². The molecular formula is C15H14BrNO2. The fourth-order valence-corrected chi connectivity index (χ4v) is 2.83. The summed E-state index contributed by atoms with van der Waals surface area (Å²) in [6, 6.07) is 13.8. The molecule has 0 bridgehead atoms. The number of amides is 1. The highest BCUT2D eigenvalue weighted by atomic mass is 79.9. The Morgan fingerprint density at radius 1 is 1.21 bits per heavy atom. The monoisotopic (exact) mass is 319 g/mol. The molecule has 2 heterocycles. The van der Waals surface area contributed by atoms with Crippen molar-refractivity contribution in [2.75, 3.05) is 13.1 Å². The van der Waals surface area contributed by atoms with E-state index < -0.39 is 0 Å². The predicted molar refractivity (Wildman–Crippen MR) is 76.1 cm³/mol. The van der Waals surface area contributed by atoms with Crippen molar-refractivity contribution in [3.63, 3.8) is 0 Å². The van der Waals surface area contributed by atoms with Crippen LogP contribution in [0.1, 0.15) is 28.5 Å². The lowest BCUT2D eigenvalue weighted by molar-refractivity contribution is 0.0758. The molecule has 1 fully saturated rings. The highest BCUT2D eigenvalue weighted by Crippen LogP contribution is 2.28. The van der Waals surface area contributed by atoms with Gasteiger partial charge < -0.3 is 9.32 Å². The van der Waals surface area contributed by atoms with Crippen LogP contribution >= 0.6 is 15.9 Å². The van der Waals surface area contributed by atoms with Crippen LogP contribution < -0.4 is 0 Å². The first kappa shape index (κ1) is 12.5. The molecule has 3 rings (SSSR count). The number of hydrogen-bond donors (Lipinski definition) is 0. The molecule has 98 valence electrons. The zero-order chi connectivity index (χ0) is 13.2. The van der Waals surface area contributed by atoms with E-state index >= 15 is 0 Å². The van der Waals surface area contributed by atoms with E-state index in [9.17, 15) is 4.79 Å². The Hall–Kier alpha value is -1.55. The molecule has 3 nitrogen and oxygen atoms in total. The molecule has 1 aromatic heterocycles. The summed E-state index contributed by atoms with van der Waals surface area (Å²) in [5, 5.41) is 0. The minimum atomic E-state index is -0.0240. The van der Waals surface area contributed by atoms with Crippen LogP contribution in [-0.2, 0) is 0 Å². The van der Waals surface area contributed by atoms with E-state index in [1.54, 1.807) is 12.1 Å². The summed E-state index contributed by atoms with van der Waals surface area (Å²) in [4.78, 5) is 14.1. The second-order valence-corrected chi connectivity index (χ2v) is 5.53. The van der Waals surface area contributed by atoms with Gasteiger partial charge in [0.2, 0.25) is 0 Å². The van der Waals surface area contributed by atoms with Crippen molar-refractivity contribution >= 4 is 21.8 Å². The molecule has 0 N–H and O–H groups in total. The fraction of sp³-hybridized carbons (Fsp3) is 0.267. The SMILES string of the molecule is O=C(c1ccc(Br)o1)N1CCC(c2ccccc2)C1. The molecule has 1 aliphatic rings. The van der Waals surface area contributed by atoms with Crippen LogP contribution in [0.2, 0.25) is 0 Å². The van der Waals surface area contributed by atoms with Crippen molar-refractivity contribution in [3.05, 3.63) is 58.5 Å². The number of carbonyl (C=O) groups is 1. The smallest absolute Gasteiger partial charge is 0.289 e. The van der Waals surface area contributed by atoms with Crippen LogP contribution in [0.3, 0.4) is 0 Å². The van der Waals surface area contributed by atoms with Crippen molar-refractivity contribution in [3.8, 4) is 0 Å². The van der Waals surface area contributed by atoms with Crippen molar-refractivity contribution in [2.45, 2.75) is 12.3 Å². The topological polar surface area (TPSA) is 33.5 Å². The Kier molecular flexibility index (Phi) is 3.42. The largest absolute Gasteiger partial charge is 0.444 e. The maximum Gasteiger partial charge on any atom is 0.289 e. The van der Waals surface area contributed by atoms with Gasteiger partial charge in [-0.2, -0.15) is 0 Å². The van der Waals surface area contributed by atoms with Gasteiger partial charge in [0.15, 0.2) is 10.4 Å². The van der Waals surface area contributed by atoms with Crippen molar-refractivity contribution in [1.29, 1.82) is 0 Å². The first-order valence-electron chi connectivity index (χ1n) is 6.33. The van der Waals surface area contributed by atoms with Crippen LogP contribution in [0.4, 0.5) is 0 Å². The van der Waals surface area contributed by atoms with Gasteiger partial charge in [0.25, 0.3) is 5.91 Å². The average Bonchev–Trinajstić information content (AvgIpc) is 3.08. The number of furan rings is 1. The highest BCUT2D eigenvalue weighted by Gasteiger charge is 2.29. The molecule has 4 heteroatoms. The van der Waals surface area contributed by atoms with E-state index in [1.165, 1.54) is 5.56 Å². The molecule has 1 aromatic carbocycles. The number of hydrogen-bond acceptors (Lipinski definition) is 2. The van der Waals surface area contributed by atoms with E-state index in [0.29, 0.717) is 16.3 Å². The number of carbonyl (C=O) groups excluding carboxylic acids is 1. The zero-order valence-electron chi connectivity index (χ0n) is 10.4. The molecule has 1 amide bonds. The summed E-state index contributed by atoms with van der Waals surface area (Å²) in [5.74, 6) is 0.813. The van der Waals surface area contributed by atoms with Crippen molar-refractivity contribution in [2.24, 2.45) is 0 Å². The summed E-state index contributed by atoms with van der Waals surface area (Å²) >= 11 is 3.22. The maximum atomic E-state index is 12.2. The van der Waals surface area contributed by atoms with Gasteiger partial charge >= 0.3 is 0 Å². The summed E-state index contributed by atoms with van der Waals surface area (Å²) in [6.45, 7) is 1.55. The molecule has 1 saturated heterocycles. The van der Waals surface area contributed by atoms with E-state index in [0.717, 1.165) is 19.5 Å². The molecule has 0 saturated carbocycles. The lowest BCUT2D eigenvalue weighted by Crippen LogP contribution is -2.28. The third-order valence-electron chi connectivity index (χ3n) is 3.53. The normalized spacial score (nSPS) is 18.8. The zero-order valence-corrected chi connectivity index (χ0v) is 12.0. The number of likely N-dealkylation sites (tertiary alicyclic amines) is 1. The highest BCUT2D eigenvalue weighted by molar-refractivity contribution is 9.10. The minimum Gasteiger partial charge on any atom is -0.444 e. The molecule has 19 heavy (non-hydrogen) atoms. The molecule has 2 aromatic rings. The first-order valence-corrected chi connectivity index (χ1v) is 7.13. The minimum absolute atomic E-state index is 0.0240. The molecular weight excluding hydrogens is 306 g/mol. The fourth-order valence-electron chi connectivity index (χ4n) is 2.53. The second-order valence-electron chi connectivity index (χ2n) is 4.75. The number of nitrogens with zero attached hydrogens (tertiary/aromatic N) is 1. The molecule has 1 atom stereocenters. The molecule has 1 unspecified atom stereocenters. The Balaban J connectivity index is 1.71. The number of benzene rings is 1. The van der Waals surface area contributed by atoms with E-state index in [4.69, 9.17) is 4.42 Å². The van der Waals surface area contributed by atoms with Crippen molar-refractivity contribution < 1.29 is 9.21 Å². The number of halogens is 1. The second kappa shape index (κ2) is 5.21. The van der Waals surface area contributed by atoms with Gasteiger partial charge in [-0.15, -0.1) is 0 Å². The molecule has 0 radical (unpaired) electrons. The Labute approximate surface area is 120 Å². The van der Waals surface area contributed by atoms with Gasteiger partial charge in [0.1, 0.15) is 0 Å². The van der Waals surface area contributed by atoms with Crippen LogP contribution in [0.5, 0.6) is 0 Å². The van der Waals surface area contributed by atoms with Gasteiger partial charge in [-0.3, -0.25) is 4.79 Å². The lowest BCUT2D eigenvalue weighted by atomic mass is 9.99. The van der Waals surface area contributed by atoms with Crippen LogP contribution in [0.25, 0.3) is 0 Å². The van der Waals surface area contributed by atoms with Crippen molar-refractivity contribution in [1.82, 2.24) is 4.90 Å². The first-order chi connectivity index (χ1) is 9.24. The molecule has 0 spiro atoms. The van der Waals surface area contributed by atoms with E-state index in [-0.39, 0.29) is 5.91 Å². The Morgan fingerprint density at radius 3 is 2.68 bits per heavy atom. The standard InChI is InChI=1S/C15H14BrNO2/c16-14-7-6-13(19-14)15(18)17-9-8-12(10-17)11-4-2-1-3-5-11/h1-7,12H,8-10H2. The quantitative estimate of drug-likeness (QED) is 0.846. The van der Waals surface area contributed by atoms with Gasteiger partial charge in [-0.1, -0.05) is 30.3 Å². The summed E-state index contributed by atoms with van der Waals surface area (Å²) in [5.41, 5.74) is 1.30. The third-order valence-corrected chi connectivity index (χ3v) is 3.96. The molecule has 0 aliphatic carbocycles. The van der Waals surface area contributed by atoms with E-state index in [2.05, 4.69) is 28.1 Å². The average molecular weight is 320 g/mol. The van der Waals surface area contributed by atoms with Gasteiger partial charge in [-0.05, 0) is 40.0 Å². The maximum absolute atomic E-state index is 12.2. The molecule has 1 aliphatic heterocycles. The summed E-state index contributed by atoms with van der Waals surface area (Å²) in [6.07, 6.45) is 1.01. The van der Waals surface area contributed by atoms with Crippen LogP contribution in [0, 0.1) is 0 Å². The summed E-state index contributed by atoms with van der Waals surface area (Å²) < 4.78 is 5.92. The Bertz CT molecular complexity index is 579. The third kappa shape index (κ3) is 2.59. The van der Waals surface area contributed by atoms with Gasteiger partial charge in [0.05, 0.1) is 0 Å². The van der Waals surface area contributed by atoms with Gasteiger partial charge in [0, 0.05) is 19.0 Å². The van der Waals surface area contributed by atoms with Gasteiger partial charge in [-0.25, -0.2) is 0 Å². The number of rotatable bonds is 2. The lowest BCUT2D eigenvalue weighted by Gasteiger charge is -2.15. The van der Waals surface area contributed by atoms with Crippen LogP contribution in [0.15, 0.2) is 51.6 Å². The Morgan fingerprint density at radius 2 is 2.00 bits per heavy atom. The summed E-state index contributed by atoms with van der Waals surface area (Å²) in [7, 11) is 0. The predicted octanol–water partition coefficient (Wildman–Crippen LogP) is 3.67. The van der Waals surface area contributed by atoms with E-state index in [1.807, 2.05) is 23.1 Å².